The van der Waals surface area contributed by atoms with Crippen molar-refractivity contribution in [2.24, 2.45) is 0 Å². The van der Waals surface area contributed by atoms with Crippen molar-refractivity contribution in [1.29, 1.82) is 0 Å². The molecule has 0 radical (unpaired) electrons. The monoisotopic (exact) mass is 619 g/mol. The van der Waals surface area contributed by atoms with Gasteiger partial charge in [-0.1, -0.05) is 47.5 Å². The van der Waals surface area contributed by atoms with E-state index in [9.17, 15) is 20.2 Å². The van der Waals surface area contributed by atoms with E-state index in [1.807, 2.05) is 42.6 Å². The Morgan fingerprint density at radius 2 is 1.28 bits per heavy atom. The van der Waals surface area contributed by atoms with Crippen LogP contribution in [0.5, 0.6) is 0 Å². The van der Waals surface area contributed by atoms with E-state index in [0.717, 1.165) is 46.8 Å². The van der Waals surface area contributed by atoms with Crippen LogP contribution in [0.25, 0.3) is 11.1 Å². The van der Waals surface area contributed by atoms with Gasteiger partial charge in [-0.15, -0.1) is 0 Å². The van der Waals surface area contributed by atoms with E-state index in [1.165, 1.54) is 12.1 Å². The maximum Gasteiger partial charge on any atom is 0.288 e. The van der Waals surface area contributed by atoms with Crippen molar-refractivity contribution >= 4 is 46.1 Å². The topological polar surface area (TPSA) is 115 Å². The number of hydrogen-bond acceptors (Lipinski definition) is 8. The van der Waals surface area contributed by atoms with E-state index in [1.54, 1.807) is 24.3 Å². The van der Waals surface area contributed by atoms with E-state index in [4.69, 9.17) is 27.9 Å². The summed E-state index contributed by atoms with van der Waals surface area (Å²) in [7, 11) is 0. The van der Waals surface area contributed by atoms with Gasteiger partial charge in [0.15, 0.2) is 0 Å². The van der Waals surface area contributed by atoms with Gasteiger partial charge in [0.25, 0.3) is 11.4 Å². The Hall–Kier alpha value is -4.25. The third-order valence-electron chi connectivity index (χ3n) is 8.07. The second-order valence-electron chi connectivity index (χ2n) is 10.5. The fourth-order valence-corrected chi connectivity index (χ4v) is 6.31. The summed E-state index contributed by atoms with van der Waals surface area (Å²) in [5, 5.41) is 23.5. The van der Waals surface area contributed by atoms with Crippen LogP contribution < -0.4 is 9.80 Å². The number of nitro groups is 2. The molecule has 3 aromatic carbocycles. The average Bonchev–Trinajstić information content (AvgIpc) is 3.47. The minimum atomic E-state index is -0.488. The summed E-state index contributed by atoms with van der Waals surface area (Å²) in [5.74, 6) is 0.917. The SMILES string of the molecule is O=[N+]([O-])c1cc([C@H]2CC[C@H](c3ccc(Cl)c([N+](=O)[O-])c3)N2c2ccc(-c3ccc(N4CCOCC4)nc3)cc2)ccc1Cl. The van der Waals surface area contributed by atoms with E-state index in [-0.39, 0.29) is 33.5 Å². The molecular formula is C31H27Cl2N5O5. The molecule has 43 heavy (non-hydrogen) atoms. The van der Waals surface area contributed by atoms with E-state index in [0.29, 0.717) is 26.1 Å². The summed E-state index contributed by atoms with van der Waals surface area (Å²) in [6, 6.07) is 21.4. The highest BCUT2D eigenvalue weighted by Gasteiger charge is 2.37. The molecule has 0 N–H and O–H groups in total. The highest BCUT2D eigenvalue weighted by Crippen LogP contribution is 2.48. The first-order valence-corrected chi connectivity index (χ1v) is 14.6. The normalized spacial score (nSPS) is 18.6. The molecule has 2 saturated heterocycles. The van der Waals surface area contributed by atoms with E-state index >= 15 is 0 Å². The van der Waals surface area contributed by atoms with Crippen LogP contribution in [-0.2, 0) is 4.74 Å². The van der Waals surface area contributed by atoms with E-state index < -0.39 is 9.85 Å². The number of benzene rings is 3. The third kappa shape index (κ3) is 5.86. The molecule has 2 atom stereocenters. The first-order valence-electron chi connectivity index (χ1n) is 13.9. The van der Waals surface area contributed by atoms with Gasteiger partial charge in [0, 0.05) is 42.7 Å². The smallest absolute Gasteiger partial charge is 0.288 e. The van der Waals surface area contributed by atoms with Crippen LogP contribution in [0.15, 0.2) is 79.0 Å². The maximum atomic E-state index is 11.7. The number of halogens is 2. The molecule has 3 heterocycles. The number of morpholine rings is 1. The van der Waals surface area contributed by atoms with E-state index in [2.05, 4.69) is 14.8 Å². The molecule has 12 heteroatoms. The van der Waals surface area contributed by atoms with Crippen LogP contribution in [0.3, 0.4) is 0 Å². The standard InChI is InChI=1S/C31H27Cl2N5O5/c32-25-8-3-21(17-29(25)37(39)40)27-10-11-28(22-4-9-26(33)30(18-22)38(41)42)36(27)24-6-1-20(2-7-24)23-5-12-31(34-19-23)35-13-15-43-16-14-35/h1-9,12,17-19,27-28H,10-11,13-16H2/t27-,28-/m1/s1. The summed E-state index contributed by atoms with van der Waals surface area (Å²) in [5.41, 5.74) is 4.01. The van der Waals surface area contributed by atoms with Crippen molar-refractivity contribution in [1.82, 2.24) is 4.98 Å². The van der Waals surface area contributed by atoms with Gasteiger partial charge in [-0.3, -0.25) is 20.2 Å². The molecule has 1 aromatic heterocycles. The molecule has 2 fully saturated rings. The quantitative estimate of drug-likeness (QED) is 0.152. The van der Waals surface area contributed by atoms with Crippen LogP contribution in [0, 0.1) is 20.2 Å². The second kappa shape index (κ2) is 12.2. The molecular weight excluding hydrogens is 593 g/mol. The Bertz CT molecular complexity index is 1590. The lowest BCUT2D eigenvalue weighted by molar-refractivity contribution is -0.384. The summed E-state index contributed by atoms with van der Waals surface area (Å²) in [6.07, 6.45) is 3.21. The van der Waals surface area contributed by atoms with Crippen molar-refractivity contribution in [2.45, 2.75) is 24.9 Å². The van der Waals surface area contributed by atoms with Crippen molar-refractivity contribution in [3.63, 3.8) is 0 Å². The van der Waals surface area contributed by atoms with Crippen molar-refractivity contribution in [3.8, 4) is 11.1 Å². The van der Waals surface area contributed by atoms with Crippen LogP contribution >= 0.6 is 23.2 Å². The number of nitrogens with zero attached hydrogens (tertiary/aromatic N) is 5. The minimum Gasteiger partial charge on any atom is -0.378 e. The Labute approximate surface area is 257 Å². The van der Waals surface area contributed by atoms with Crippen molar-refractivity contribution in [2.75, 3.05) is 36.1 Å². The Balaban J connectivity index is 1.35. The highest BCUT2D eigenvalue weighted by atomic mass is 35.5. The average molecular weight is 620 g/mol. The van der Waals surface area contributed by atoms with Gasteiger partial charge in [-0.25, -0.2) is 4.98 Å². The highest BCUT2D eigenvalue weighted by molar-refractivity contribution is 6.33. The summed E-state index contributed by atoms with van der Waals surface area (Å²) in [6.45, 7) is 3.01. The number of aromatic nitrogens is 1. The molecule has 6 rings (SSSR count). The Morgan fingerprint density at radius 3 is 1.77 bits per heavy atom. The van der Waals surface area contributed by atoms with Gasteiger partial charge in [0.1, 0.15) is 15.9 Å². The largest absolute Gasteiger partial charge is 0.378 e. The Morgan fingerprint density at radius 1 is 0.744 bits per heavy atom. The van der Waals surface area contributed by atoms with Gasteiger partial charge in [-0.2, -0.15) is 0 Å². The molecule has 0 amide bonds. The molecule has 4 aromatic rings. The first-order chi connectivity index (χ1) is 20.8. The molecule has 220 valence electrons. The predicted molar refractivity (Wildman–Crippen MR) is 166 cm³/mol. The third-order valence-corrected chi connectivity index (χ3v) is 8.71. The lowest BCUT2D eigenvalue weighted by Gasteiger charge is -2.33. The van der Waals surface area contributed by atoms with Crippen molar-refractivity contribution in [3.05, 3.63) is 120 Å². The predicted octanol–water partition coefficient (Wildman–Crippen LogP) is 7.79. The minimum absolute atomic E-state index is 0.0702. The zero-order chi connectivity index (χ0) is 30.1. The number of nitro benzene ring substituents is 2. The van der Waals surface area contributed by atoms with Gasteiger partial charge in [0.2, 0.25) is 0 Å². The number of ether oxygens (including phenoxy) is 1. The number of hydrogen-bond donors (Lipinski definition) is 0. The lowest BCUT2D eigenvalue weighted by atomic mass is 10.0. The van der Waals surface area contributed by atoms with Crippen LogP contribution in [0.4, 0.5) is 22.9 Å². The van der Waals surface area contributed by atoms with Crippen molar-refractivity contribution < 1.29 is 14.6 Å². The molecule has 0 bridgehead atoms. The van der Waals surface area contributed by atoms with Gasteiger partial charge >= 0.3 is 0 Å². The lowest BCUT2D eigenvalue weighted by Crippen LogP contribution is -2.36. The molecule has 10 nitrogen and oxygen atoms in total. The fourth-order valence-electron chi connectivity index (χ4n) is 5.94. The van der Waals surface area contributed by atoms with Gasteiger partial charge in [-0.05, 0) is 65.9 Å². The molecule has 2 aliphatic heterocycles. The number of pyridine rings is 1. The van der Waals surface area contributed by atoms with Crippen LogP contribution in [-0.4, -0.2) is 41.1 Å². The number of rotatable bonds is 7. The molecule has 0 saturated carbocycles. The Kier molecular flexibility index (Phi) is 8.16. The number of anilines is 2. The maximum absolute atomic E-state index is 11.7. The molecule has 0 unspecified atom stereocenters. The van der Waals surface area contributed by atoms with Crippen LogP contribution in [0.2, 0.25) is 10.0 Å². The molecule has 0 spiro atoms. The zero-order valence-corrected chi connectivity index (χ0v) is 24.4. The summed E-state index contributed by atoms with van der Waals surface area (Å²) >= 11 is 12.2. The summed E-state index contributed by atoms with van der Waals surface area (Å²) in [4.78, 5) is 31.4. The second-order valence-corrected chi connectivity index (χ2v) is 11.3. The van der Waals surface area contributed by atoms with Crippen LogP contribution in [0.1, 0.15) is 36.1 Å². The fraction of sp³-hybridized carbons (Fsp3) is 0.258. The zero-order valence-electron chi connectivity index (χ0n) is 22.9. The molecule has 2 aliphatic rings. The molecule has 0 aliphatic carbocycles. The van der Waals surface area contributed by atoms with Gasteiger partial charge in [0.05, 0.1) is 35.1 Å². The summed E-state index contributed by atoms with van der Waals surface area (Å²) < 4.78 is 5.44. The van der Waals surface area contributed by atoms with Gasteiger partial charge < -0.3 is 14.5 Å². The first kappa shape index (κ1) is 28.9.